The van der Waals surface area contributed by atoms with Crippen LogP contribution in [-0.4, -0.2) is 18.2 Å². The third-order valence-corrected chi connectivity index (χ3v) is 3.52. The van der Waals surface area contributed by atoms with E-state index in [-0.39, 0.29) is 5.75 Å². The Kier molecular flexibility index (Phi) is 2.81. The number of hydrogen-bond acceptors (Lipinski definition) is 2. The van der Waals surface area contributed by atoms with E-state index in [0.29, 0.717) is 24.0 Å². The molecule has 0 radical (unpaired) electrons. The van der Waals surface area contributed by atoms with Crippen molar-refractivity contribution >= 4 is 5.97 Å². The third-order valence-electron chi connectivity index (χ3n) is 3.52. The van der Waals surface area contributed by atoms with Crippen molar-refractivity contribution in [2.75, 3.05) is 7.11 Å². The molecule has 0 atom stereocenters. The maximum atomic E-state index is 13.7. The van der Waals surface area contributed by atoms with Gasteiger partial charge in [-0.2, -0.15) is 0 Å². The number of carbonyl (C=O) groups is 1. The number of halogens is 1. The lowest BCUT2D eigenvalue weighted by Gasteiger charge is -2.39. The van der Waals surface area contributed by atoms with Gasteiger partial charge in [-0.05, 0) is 31.4 Å². The highest BCUT2D eigenvalue weighted by molar-refractivity contribution is 5.83. The van der Waals surface area contributed by atoms with Gasteiger partial charge in [-0.25, -0.2) is 4.39 Å². The lowest BCUT2D eigenvalue weighted by Crippen LogP contribution is -2.42. The molecular formula is C13H15FO3. The van der Waals surface area contributed by atoms with Crippen LogP contribution in [-0.2, 0) is 10.2 Å². The predicted octanol–water partition coefficient (Wildman–Crippen LogP) is 2.65. The Morgan fingerprint density at radius 3 is 2.53 bits per heavy atom. The molecule has 1 aromatic carbocycles. The normalized spacial score (nSPS) is 17.4. The number of aryl methyl sites for hydroxylation is 1. The summed E-state index contributed by atoms with van der Waals surface area (Å²) in [5.74, 6) is -1.32. The summed E-state index contributed by atoms with van der Waals surface area (Å²) in [4.78, 5) is 11.4. The number of aliphatic carboxylic acids is 1. The van der Waals surface area contributed by atoms with Crippen LogP contribution in [0.2, 0.25) is 0 Å². The Morgan fingerprint density at radius 2 is 2.12 bits per heavy atom. The summed E-state index contributed by atoms with van der Waals surface area (Å²) in [5, 5.41) is 9.36. The van der Waals surface area contributed by atoms with E-state index in [4.69, 9.17) is 4.74 Å². The fourth-order valence-corrected chi connectivity index (χ4v) is 2.42. The van der Waals surface area contributed by atoms with E-state index in [2.05, 4.69) is 0 Å². The van der Waals surface area contributed by atoms with E-state index in [1.165, 1.54) is 13.2 Å². The Balaban J connectivity index is 2.61. The Labute approximate surface area is 99.2 Å². The number of benzene rings is 1. The third kappa shape index (κ3) is 1.68. The maximum absolute atomic E-state index is 13.7. The van der Waals surface area contributed by atoms with E-state index in [0.717, 1.165) is 6.42 Å². The molecule has 4 heteroatoms. The summed E-state index contributed by atoms with van der Waals surface area (Å²) in [6, 6.07) is 3.08. The predicted molar refractivity (Wildman–Crippen MR) is 60.9 cm³/mol. The molecule has 17 heavy (non-hydrogen) atoms. The van der Waals surface area contributed by atoms with Crippen LogP contribution in [0.1, 0.15) is 30.4 Å². The highest BCUT2D eigenvalue weighted by Crippen LogP contribution is 2.48. The molecule has 0 spiro atoms. The average Bonchev–Trinajstić information content (AvgIpc) is 2.14. The van der Waals surface area contributed by atoms with Crippen molar-refractivity contribution in [2.24, 2.45) is 0 Å². The monoisotopic (exact) mass is 238 g/mol. The molecule has 0 aromatic heterocycles. The highest BCUT2D eigenvalue weighted by Gasteiger charge is 2.48. The molecule has 92 valence electrons. The lowest BCUT2D eigenvalue weighted by molar-refractivity contribution is -0.147. The summed E-state index contributed by atoms with van der Waals surface area (Å²) < 4.78 is 18.8. The highest BCUT2D eigenvalue weighted by atomic mass is 19.1. The second-order valence-electron chi connectivity index (χ2n) is 4.57. The van der Waals surface area contributed by atoms with Crippen LogP contribution in [0.3, 0.4) is 0 Å². The summed E-state index contributed by atoms with van der Waals surface area (Å²) in [7, 11) is 1.37. The summed E-state index contributed by atoms with van der Waals surface area (Å²) in [5.41, 5.74) is 0.222. The van der Waals surface area contributed by atoms with Gasteiger partial charge < -0.3 is 9.84 Å². The van der Waals surface area contributed by atoms with Crippen LogP contribution >= 0.6 is 0 Å². The molecule has 1 N–H and O–H groups in total. The second kappa shape index (κ2) is 4.02. The van der Waals surface area contributed by atoms with Crippen LogP contribution in [0.25, 0.3) is 0 Å². The SMILES string of the molecule is COc1c(F)cc(C)cc1C1(C(=O)O)CCC1. The van der Waals surface area contributed by atoms with Crippen molar-refractivity contribution in [3.63, 3.8) is 0 Å². The van der Waals surface area contributed by atoms with Crippen molar-refractivity contribution in [3.8, 4) is 5.75 Å². The van der Waals surface area contributed by atoms with Crippen molar-refractivity contribution in [1.82, 2.24) is 0 Å². The van der Waals surface area contributed by atoms with Crippen molar-refractivity contribution in [1.29, 1.82) is 0 Å². The molecule has 1 aliphatic rings. The van der Waals surface area contributed by atoms with Crippen LogP contribution in [0.4, 0.5) is 4.39 Å². The van der Waals surface area contributed by atoms with Crippen molar-refractivity contribution < 1.29 is 19.0 Å². The fourth-order valence-electron chi connectivity index (χ4n) is 2.42. The number of carboxylic acid groups (broad SMARTS) is 1. The van der Waals surface area contributed by atoms with Gasteiger partial charge in [0.15, 0.2) is 11.6 Å². The first kappa shape index (κ1) is 11.9. The van der Waals surface area contributed by atoms with Crippen molar-refractivity contribution in [3.05, 3.63) is 29.1 Å². The lowest BCUT2D eigenvalue weighted by atomic mass is 9.64. The first-order valence-electron chi connectivity index (χ1n) is 5.59. The quantitative estimate of drug-likeness (QED) is 0.880. The van der Waals surface area contributed by atoms with Gasteiger partial charge in [0, 0.05) is 5.56 Å². The molecular weight excluding hydrogens is 223 g/mol. The minimum absolute atomic E-state index is 0.0673. The number of rotatable bonds is 3. The molecule has 1 fully saturated rings. The number of ether oxygens (including phenoxy) is 1. The smallest absolute Gasteiger partial charge is 0.314 e. The molecule has 0 saturated heterocycles. The standard InChI is InChI=1S/C13H15FO3/c1-8-6-9(11(17-2)10(14)7-8)13(12(15)16)4-3-5-13/h6-7H,3-5H2,1-2H3,(H,15,16). The molecule has 0 unspecified atom stereocenters. The van der Waals surface area contributed by atoms with Crippen molar-refractivity contribution in [2.45, 2.75) is 31.6 Å². The number of carboxylic acids is 1. The second-order valence-corrected chi connectivity index (χ2v) is 4.57. The zero-order valence-electron chi connectivity index (χ0n) is 9.92. The molecule has 2 rings (SSSR count). The molecule has 1 aromatic rings. The summed E-state index contributed by atoms with van der Waals surface area (Å²) in [6.07, 6.45) is 1.94. The van der Waals surface area contributed by atoms with Gasteiger partial charge in [0.05, 0.1) is 12.5 Å². The largest absolute Gasteiger partial charge is 0.493 e. The van der Waals surface area contributed by atoms with Crippen LogP contribution in [0.5, 0.6) is 5.75 Å². The van der Waals surface area contributed by atoms with E-state index >= 15 is 0 Å². The Hall–Kier alpha value is -1.58. The molecule has 0 heterocycles. The summed E-state index contributed by atoms with van der Waals surface area (Å²) in [6.45, 7) is 1.75. The van der Waals surface area contributed by atoms with E-state index in [1.54, 1.807) is 13.0 Å². The summed E-state index contributed by atoms with van der Waals surface area (Å²) >= 11 is 0. The van der Waals surface area contributed by atoms with Gasteiger partial charge in [0.1, 0.15) is 0 Å². The van der Waals surface area contributed by atoms with Crippen LogP contribution in [0, 0.1) is 12.7 Å². The van der Waals surface area contributed by atoms with Gasteiger partial charge in [-0.1, -0.05) is 12.5 Å². The van der Waals surface area contributed by atoms with Gasteiger partial charge in [0.2, 0.25) is 0 Å². The first-order chi connectivity index (χ1) is 8.01. The van der Waals surface area contributed by atoms with Crippen LogP contribution in [0.15, 0.2) is 12.1 Å². The minimum atomic E-state index is -0.960. The maximum Gasteiger partial charge on any atom is 0.314 e. The average molecular weight is 238 g/mol. The number of methoxy groups -OCH3 is 1. The molecule has 0 amide bonds. The molecule has 0 bridgehead atoms. The van der Waals surface area contributed by atoms with E-state index < -0.39 is 17.2 Å². The fraction of sp³-hybridized carbons (Fsp3) is 0.462. The minimum Gasteiger partial charge on any atom is -0.493 e. The van der Waals surface area contributed by atoms with Gasteiger partial charge in [0.25, 0.3) is 0 Å². The Morgan fingerprint density at radius 1 is 1.47 bits per heavy atom. The number of hydrogen-bond donors (Lipinski definition) is 1. The molecule has 1 aliphatic carbocycles. The molecule has 1 saturated carbocycles. The Bertz CT molecular complexity index is 464. The first-order valence-corrected chi connectivity index (χ1v) is 5.59. The van der Waals surface area contributed by atoms with E-state index in [1.807, 2.05) is 0 Å². The zero-order chi connectivity index (χ0) is 12.6. The van der Waals surface area contributed by atoms with Gasteiger partial charge in [-0.3, -0.25) is 4.79 Å². The topological polar surface area (TPSA) is 46.5 Å². The molecule has 3 nitrogen and oxygen atoms in total. The van der Waals surface area contributed by atoms with E-state index in [9.17, 15) is 14.3 Å². The van der Waals surface area contributed by atoms with Crippen LogP contribution < -0.4 is 4.74 Å². The van der Waals surface area contributed by atoms with Gasteiger partial charge in [-0.15, -0.1) is 0 Å². The van der Waals surface area contributed by atoms with Gasteiger partial charge >= 0.3 is 5.97 Å². The molecule has 0 aliphatic heterocycles. The zero-order valence-corrected chi connectivity index (χ0v) is 9.92.